The minimum absolute atomic E-state index is 0.131. The van der Waals surface area contributed by atoms with Crippen LogP contribution in [0.15, 0.2) is 60.7 Å². The van der Waals surface area contributed by atoms with Gasteiger partial charge in [0.25, 0.3) is 5.69 Å². The quantitative estimate of drug-likeness (QED) is 0.364. The van der Waals surface area contributed by atoms with Crippen molar-refractivity contribution >= 4 is 22.7 Å². The third-order valence-electron chi connectivity index (χ3n) is 5.02. The molecular formula is C23H22N4O2. The smallest absolute Gasteiger partial charge is 0.272 e. The van der Waals surface area contributed by atoms with E-state index in [0.717, 1.165) is 27.8 Å². The summed E-state index contributed by atoms with van der Waals surface area (Å²) in [5, 5.41) is 14.6. The number of benzene rings is 3. The number of fused-ring (bicyclic) bond motifs is 1. The van der Waals surface area contributed by atoms with Crippen LogP contribution in [-0.2, 0) is 6.54 Å². The normalized spacial score (nSPS) is 11.0. The molecule has 1 heterocycles. The van der Waals surface area contributed by atoms with Crippen LogP contribution in [-0.4, -0.2) is 14.5 Å². The van der Waals surface area contributed by atoms with Gasteiger partial charge in [-0.15, -0.1) is 0 Å². The molecule has 0 aliphatic rings. The first-order valence-corrected chi connectivity index (χ1v) is 9.46. The van der Waals surface area contributed by atoms with E-state index in [4.69, 9.17) is 4.98 Å². The van der Waals surface area contributed by atoms with Gasteiger partial charge in [0.05, 0.1) is 16.0 Å². The molecule has 0 aliphatic heterocycles. The number of nitro benzene ring substituents is 1. The Hall–Kier alpha value is -3.67. The molecule has 4 aromatic rings. The van der Waals surface area contributed by atoms with Crippen LogP contribution in [0.3, 0.4) is 0 Å². The van der Waals surface area contributed by atoms with Crippen LogP contribution >= 0.6 is 0 Å². The van der Waals surface area contributed by atoms with E-state index in [9.17, 15) is 10.1 Å². The first-order chi connectivity index (χ1) is 13.9. The molecule has 0 saturated heterocycles. The average molecular weight is 386 g/mol. The maximum absolute atomic E-state index is 11.2. The third-order valence-corrected chi connectivity index (χ3v) is 5.02. The molecule has 0 spiro atoms. The van der Waals surface area contributed by atoms with Gasteiger partial charge in [-0.2, -0.15) is 0 Å². The molecule has 6 heteroatoms. The lowest BCUT2D eigenvalue weighted by atomic mass is 10.1. The number of rotatable bonds is 5. The maximum atomic E-state index is 11.2. The van der Waals surface area contributed by atoms with E-state index in [-0.39, 0.29) is 10.6 Å². The molecule has 29 heavy (non-hydrogen) atoms. The molecular weight excluding hydrogens is 364 g/mol. The number of nitrogens with one attached hydrogen (secondary N) is 1. The van der Waals surface area contributed by atoms with Gasteiger partial charge in [-0.05, 0) is 56.2 Å². The number of nitrogens with zero attached hydrogens (tertiary/aromatic N) is 3. The Kier molecular flexibility index (Phi) is 4.76. The molecule has 0 bridgehead atoms. The van der Waals surface area contributed by atoms with Crippen LogP contribution < -0.4 is 5.32 Å². The van der Waals surface area contributed by atoms with Gasteiger partial charge in [-0.1, -0.05) is 35.9 Å². The van der Waals surface area contributed by atoms with Crippen LogP contribution in [0.5, 0.6) is 0 Å². The lowest BCUT2D eigenvalue weighted by molar-refractivity contribution is -0.385. The molecule has 1 aromatic heterocycles. The summed E-state index contributed by atoms with van der Waals surface area (Å²) in [4.78, 5) is 15.7. The first-order valence-electron chi connectivity index (χ1n) is 9.46. The lowest BCUT2D eigenvalue weighted by Crippen LogP contribution is -2.07. The monoisotopic (exact) mass is 386 g/mol. The van der Waals surface area contributed by atoms with E-state index in [1.165, 1.54) is 5.56 Å². The number of aromatic nitrogens is 2. The second-order valence-electron chi connectivity index (χ2n) is 7.33. The van der Waals surface area contributed by atoms with Gasteiger partial charge < -0.3 is 5.32 Å². The van der Waals surface area contributed by atoms with E-state index in [1.54, 1.807) is 19.1 Å². The van der Waals surface area contributed by atoms with Crippen molar-refractivity contribution in [3.05, 3.63) is 93.0 Å². The molecule has 6 nitrogen and oxygen atoms in total. The number of hydrogen-bond donors (Lipinski definition) is 1. The summed E-state index contributed by atoms with van der Waals surface area (Å²) in [6.07, 6.45) is 0. The Morgan fingerprint density at radius 3 is 2.41 bits per heavy atom. The third kappa shape index (κ3) is 3.69. The molecule has 1 N–H and O–H groups in total. The van der Waals surface area contributed by atoms with Gasteiger partial charge in [0.1, 0.15) is 0 Å². The summed E-state index contributed by atoms with van der Waals surface area (Å²) >= 11 is 0. The Morgan fingerprint density at radius 2 is 1.69 bits per heavy atom. The Bertz CT molecular complexity index is 1210. The predicted molar refractivity (Wildman–Crippen MR) is 116 cm³/mol. The fraction of sp³-hybridized carbons (Fsp3) is 0.174. The molecule has 4 rings (SSSR count). The van der Waals surface area contributed by atoms with Crippen molar-refractivity contribution in [2.75, 3.05) is 5.32 Å². The molecule has 146 valence electrons. The summed E-state index contributed by atoms with van der Waals surface area (Å²) in [6, 6.07) is 19.8. The first kappa shape index (κ1) is 18.7. The Balaban J connectivity index is 1.73. The molecule has 0 fully saturated rings. The Labute approximate surface area is 169 Å². The van der Waals surface area contributed by atoms with Crippen molar-refractivity contribution in [2.45, 2.75) is 27.3 Å². The summed E-state index contributed by atoms with van der Waals surface area (Å²) in [6.45, 7) is 6.29. The van der Waals surface area contributed by atoms with Crippen LogP contribution in [0.1, 0.15) is 22.3 Å². The van der Waals surface area contributed by atoms with Crippen molar-refractivity contribution in [1.82, 2.24) is 9.55 Å². The lowest BCUT2D eigenvalue weighted by Gasteiger charge is -2.12. The van der Waals surface area contributed by atoms with E-state index < -0.39 is 0 Å². The van der Waals surface area contributed by atoms with Crippen molar-refractivity contribution in [3.63, 3.8) is 0 Å². The van der Waals surface area contributed by atoms with Crippen LogP contribution in [0.2, 0.25) is 0 Å². The molecule has 0 saturated carbocycles. The molecule has 0 aliphatic carbocycles. The highest BCUT2D eigenvalue weighted by molar-refractivity contribution is 5.82. The van der Waals surface area contributed by atoms with Crippen LogP contribution in [0.25, 0.3) is 16.7 Å². The van der Waals surface area contributed by atoms with Crippen molar-refractivity contribution < 1.29 is 4.92 Å². The van der Waals surface area contributed by atoms with E-state index in [0.29, 0.717) is 18.1 Å². The topological polar surface area (TPSA) is 73.0 Å². The number of imidazole rings is 1. The number of nitro groups is 1. The average Bonchev–Trinajstić information content (AvgIpc) is 3.05. The van der Waals surface area contributed by atoms with Crippen LogP contribution in [0, 0.1) is 30.9 Å². The van der Waals surface area contributed by atoms with Gasteiger partial charge in [0.15, 0.2) is 0 Å². The fourth-order valence-electron chi connectivity index (χ4n) is 3.41. The van der Waals surface area contributed by atoms with Crippen molar-refractivity contribution in [2.24, 2.45) is 0 Å². The highest BCUT2D eigenvalue weighted by atomic mass is 16.6. The second kappa shape index (κ2) is 7.39. The SMILES string of the molecule is Cc1ccc(-n2c(NCc3ccc(C)c([N+](=O)[O-])c3)nc3cc(C)ccc32)cc1. The molecule has 3 aromatic carbocycles. The Morgan fingerprint density at radius 1 is 0.966 bits per heavy atom. The summed E-state index contributed by atoms with van der Waals surface area (Å²) in [5.74, 6) is 0.706. The van der Waals surface area contributed by atoms with Gasteiger partial charge >= 0.3 is 0 Å². The summed E-state index contributed by atoms with van der Waals surface area (Å²) in [7, 11) is 0. The van der Waals surface area contributed by atoms with E-state index in [2.05, 4.69) is 59.3 Å². The largest absolute Gasteiger partial charge is 0.351 e. The summed E-state index contributed by atoms with van der Waals surface area (Å²) < 4.78 is 2.08. The zero-order chi connectivity index (χ0) is 20.5. The van der Waals surface area contributed by atoms with Crippen molar-refractivity contribution in [3.8, 4) is 5.69 Å². The van der Waals surface area contributed by atoms with Gasteiger partial charge in [0, 0.05) is 23.9 Å². The molecule has 0 unspecified atom stereocenters. The maximum Gasteiger partial charge on any atom is 0.272 e. The summed E-state index contributed by atoms with van der Waals surface area (Å²) in [5.41, 5.74) is 6.88. The molecule has 0 radical (unpaired) electrons. The van der Waals surface area contributed by atoms with E-state index in [1.807, 2.05) is 13.0 Å². The van der Waals surface area contributed by atoms with E-state index >= 15 is 0 Å². The molecule has 0 amide bonds. The van der Waals surface area contributed by atoms with Crippen molar-refractivity contribution in [1.29, 1.82) is 0 Å². The highest BCUT2D eigenvalue weighted by Crippen LogP contribution is 2.27. The second-order valence-corrected chi connectivity index (χ2v) is 7.33. The highest BCUT2D eigenvalue weighted by Gasteiger charge is 2.14. The molecule has 0 atom stereocenters. The number of anilines is 1. The number of aryl methyl sites for hydroxylation is 3. The fourth-order valence-corrected chi connectivity index (χ4v) is 3.41. The zero-order valence-corrected chi connectivity index (χ0v) is 16.6. The van der Waals surface area contributed by atoms with Gasteiger partial charge in [-0.25, -0.2) is 4.98 Å². The minimum Gasteiger partial charge on any atom is -0.351 e. The van der Waals surface area contributed by atoms with Gasteiger partial charge in [0.2, 0.25) is 5.95 Å². The van der Waals surface area contributed by atoms with Gasteiger partial charge in [-0.3, -0.25) is 14.7 Å². The number of hydrogen-bond acceptors (Lipinski definition) is 4. The van der Waals surface area contributed by atoms with Crippen LogP contribution in [0.4, 0.5) is 11.6 Å². The predicted octanol–water partition coefficient (Wildman–Crippen LogP) is 5.47. The zero-order valence-electron chi connectivity index (χ0n) is 16.6. The standard InChI is InChI=1S/C23H22N4O2/c1-15-4-9-19(10-5-15)26-21-11-6-16(2)12-20(21)25-23(26)24-14-18-8-7-17(3)22(13-18)27(28)29/h4-13H,14H2,1-3H3,(H,24,25). The minimum atomic E-state index is -0.344.